The van der Waals surface area contributed by atoms with Crippen LogP contribution in [0.3, 0.4) is 0 Å². The van der Waals surface area contributed by atoms with E-state index < -0.39 is 0 Å². The van der Waals surface area contributed by atoms with Crippen molar-refractivity contribution in [3.63, 3.8) is 0 Å². The summed E-state index contributed by atoms with van der Waals surface area (Å²) in [7, 11) is 0. The van der Waals surface area contributed by atoms with Crippen molar-refractivity contribution in [2.75, 3.05) is 0 Å². The SMILES string of the molecule is CCC(C)n1c(=S)[nH]c2cc(Br)ccc21. The molecule has 0 aliphatic rings. The van der Waals surface area contributed by atoms with Crippen molar-refractivity contribution in [2.45, 2.75) is 26.3 Å². The molecule has 1 unspecified atom stereocenters. The van der Waals surface area contributed by atoms with Crippen LogP contribution in [0.5, 0.6) is 0 Å². The number of imidazole rings is 1. The fourth-order valence-corrected chi connectivity index (χ4v) is 2.47. The minimum absolute atomic E-state index is 0.437. The monoisotopic (exact) mass is 284 g/mol. The summed E-state index contributed by atoms with van der Waals surface area (Å²) in [6.07, 6.45) is 1.08. The largest absolute Gasteiger partial charge is 0.331 e. The zero-order chi connectivity index (χ0) is 11.0. The lowest BCUT2D eigenvalue weighted by atomic mass is 10.2. The average Bonchev–Trinajstić information content (AvgIpc) is 2.52. The van der Waals surface area contributed by atoms with Crippen molar-refractivity contribution in [3.05, 3.63) is 27.4 Å². The first-order chi connectivity index (χ1) is 7.13. The number of halogens is 1. The number of nitrogens with one attached hydrogen (secondary N) is 1. The third-order valence-electron chi connectivity index (χ3n) is 2.71. The van der Waals surface area contributed by atoms with Gasteiger partial charge in [0, 0.05) is 10.5 Å². The Labute approximate surface area is 102 Å². The van der Waals surface area contributed by atoms with Gasteiger partial charge in [0.25, 0.3) is 0 Å². The van der Waals surface area contributed by atoms with E-state index >= 15 is 0 Å². The third-order valence-corrected chi connectivity index (χ3v) is 3.50. The zero-order valence-electron chi connectivity index (χ0n) is 8.75. The smallest absolute Gasteiger partial charge is 0.178 e. The number of H-pyrrole nitrogens is 1. The molecule has 0 saturated carbocycles. The maximum Gasteiger partial charge on any atom is 0.178 e. The highest BCUT2D eigenvalue weighted by Crippen LogP contribution is 2.23. The molecule has 1 aromatic heterocycles. The van der Waals surface area contributed by atoms with Gasteiger partial charge in [0.05, 0.1) is 11.0 Å². The van der Waals surface area contributed by atoms with Gasteiger partial charge in [-0.05, 0) is 43.8 Å². The van der Waals surface area contributed by atoms with E-state index in [2.05, 4.69) is 51.5 Å². The first kappa shape index (κ1) is 10.9. The van der Waals surface area contributed by atoms with E-state index in [1.165, 1.54) is 5.52 Å². The number of hydrogen-bond donors (Lipinski definition) is 1. The minimum Gasteiger partial charge on any atom is -0.331 e. The number of fused-ring (bicyclic) bond motifs is 1. The molecule has 2 rings (SSSR count). The molecule has 2 nitrogen and oxygen atoms in total. The molecule has 0 amide bonds. The molecular weight excluding hydrogens is 272 g/mol. The number of aromatic amines is 1. The normalized spacial score (nSPS) is 13.3. The number of hydrogen-bond acceptors (Lipinski definition) is 1. The maximum absolute atomic E-state index is 5.33. The molecule has 1 N–H and O–H groups in total. The fourth-order valence-electron chi connectivity index (χ4n) is 1.72. The van der Waals surface area contributed by atoms with Crippen molar-refractivity contribution >= 4 is 39.2 Å². The molecule has 4 heteroatoms. The van der Waals surface area contributed by atoms with Gasteiger partial charge in [-0.15, -0.1) is 0 Å². The molecule has 1 atom stereocenters. The molecule has 80 valence electrons. The van der Waals surface area contributed by atoms with Gasteiger partial charge >= 0.3 is 0 Å². The molecule has 15 heavy (non-hydrogen) atoms. The zero-order valence-corrected chi connectivity index (χ0v) is 11.2. The highest BCUT2D eigenvalue weighted by Gasteiger charge is 2.09. The molecule has 2 aromatic rings. The molecule has 0 fully saturated rings. The van der Waals surface area contributed by atoms with E-state index in [1.54, 1.807) is 0 Å². The average molecular weight is 285 g/mol. The van der Waals surface area contributed by atoms with Gasteiger partial charge in [0.15, 0.2) is 4.77 Å². The molecule has 0 bridgehead atoms. The number of nitrogens with zero attached hydrogens (tertiary/aromatic N) is 1. The lowest BCUT2D eigenvalue weighted by molar-refractivity contribution is 0.539. The Morgan fingerprint density at radius 2 is 2.27 bits per heavy atom. The van der Waals surface area contributed by atoms with Crippen LogP contribution in [0.1, 0.15) is 26.3 Å². The lowest BCUT2D eigenvalue weighted by Gasteiger charge is -2.11. The molecule has 1 heterocycles. The summed E-state index contributed by atoms with van der Waals surface area (Å²) in [5.74, 6) is 0. The first-order valence-corrected chi connectivity index (χ1v) is 6.23. The summed E-state index contributed by atoms with van der Waals surface area (Å²) >= 11 is 8.79. The van der Waals surface area contributed by atoms with E-state index in [1.807, 2.05) is 6.07 Å². The summed E-state index contributed by atoms with van der Waals surface area (Å²) in [4.78, 5) is 3.23. The van der Waals surface area contributed by atoms with Crippen LogP contribution in [0.2, 0.25) is 0 Å². The second kappa shape index (κ2) is 4.10. The van der Waals surface area contributed by atoms with Gasteiger partial charge in [-0.3, -0.25) is 0 Å². The summed E-state index contributed by atoms with van der Waals surface area (Å²) in [5.41, 5.74) is 2.27. The molecule has 0 radical (unpaired) electrons. The maximum atomic E-state index is 5.33. The Morgan fingerprint density at radius 1 is 1.53 bits per heavy atom. The van der Waals surface area contributed by atoms with E-state index in [0.717, 1.165) is 21.2 Å². The van der Waals surface area contributed by atoms with E-state index in [9.17, 15) is 0 Å². The van der Waals surface area contributed by atoms with Gasteiger partial charge in [-0.1, -0.05) is 22.9 Å². The van der Waals surface area contributed by atoms with Crippen molar-refractivity contribution in [1.82, 2.24) is 9.55 Å². The Bertz CT molecular complexity index is 541. The van der Waals surface area contributed by atoms with E-state index in [0.29, 0.717) is 6.04 Å². The van der Waals surface area contributed by atoms with E-state index in [4.69, 9.17) is 12.2 Å². The quantitative estimate of drug-likeness (QED) is 0.809. The number of aromatic nitrogens is 2. The highest BCUT2D eigenvalue weighted by molar-refractivity contribution is 9.10. The predicted molar refractivity (Wildman–Crippen MR) is 69.8 cm³/mol. The standard InChI is InChI=1S/C11H13BrN2S/c1-3-7(2)14-10-5-4-8(12)6-9(10)13-11(14)15/h4-7H,3H2,1-2H3,(H,13,15). The van der Waals surface area contributed by atoms with Crippen molar-refractivity contribution < 1.29 is 0 Å². The minimum atomic E-state index is 0.437. The molecule has 0 aliphatic heterocycles. The Hall–Kier alpha value is -0.610. The summed E-state index contributed by atoms with van der Waals surface area (Å²) in [6, 6.07) is 6.64. The Kier molecular flexibility index (Phi) is 2.98. The topological polar surface area (TPSA) is 20.7 Å². The van der Waals surface area contributed by atoms with Crippen LogP contribution in [0.4, 0.5) is 0 Å². The first-order valence-electron chi connectivity index (χ1n) is 5.03. The van der Waals surface area contributed by atoms with Crippen LogP contribution in [0, 0.1) is 4.77 Å². The van der Waals surface area contributed by atoms with Gasteiger partial charge in [0.1, 0.15) is 0 Å². The van der Waals surface area contributed by atoms with Gasteiger partial charge in [-0.2, -0.15) is 0 Å². The van der Waals surface area contributed by atoms with Crippen LogP contribution in [0.25, 0.3) is 11.0 Å². The molecule has 0 spiro atoms. The van der Waals surface area contributed by atoms with Gasteiger partial charge < -0.3 is 9.55 Å². The molecule has 1 aromatic carbocycles. The van der Waals surface area contributed by atoms with Crippen molar-refractivity contribution in [1.29, 1.82) is 0 Å². The van der Waals surface area contributed by atoms with Crippen LogP contribution >= 0.6 is 28.1 Å². The Balaban J connectivity index is 2.74. The lowest BCUT2D eigenvalue weighted by Crippen LogP contribution is -2.03. The highest BCUT2D eigenvalue weighted by atomic mass is 79.9. The number of benzene rings is 1. The molecule has 0 saturated heterocycles. The number of rotatable bonds is 2. The van der Waals surface area contributed by atoms with Crippen LogP contribution in [-0.2, 0) is 0 Å². The van der Waals surface area contributed by atoms with Crippen molar-refractivity contribution in [3.8, 4) is 0 Å². The molecule has 0 aliphatic carbocycles. The van der Waals surface area contributed by atoms with Crippen LogP contribution in [-0.4, -0.2) is 9.55 Å². The Morgan fingerprint density at radius 3 is 2.93 bits per heavy atom. The summed E-state index contributed by atoms with van der Waals surface area (Å²) in [6.45, 7) is 4.36. The molecular formula is C11H13BrN2S. The van der Waals surface area contributed by atoms with Crippen LogP contribution < -0.4 is 0 Å². The second-order valence-corrected chi connectivity index (χ2v) is 5.02. The predicted octanol–water partition coefficient (Wildman–Crippen LogP) is 4.43. The third kappa shape index (κ3) is 1.88. The summed E-state index contributed by atoms with van der Waals surface area (Å²) < 4.78 is 4.05. The van der Waals surface area contributed by atoms with E-state index in [-0.39, 0.29) is 0 Å². The fraction of sp³-hybridized carbons (Fsp3) is 0.364. The van der Waals surface area contributed by atoms with Gasteiger partial charge in [-0.25, -0.2) is 0 Å². The second-order valence-electron chi connectivity index (χ2n) is 3.72. The van der Waals surface area contributed by atoms with Crippen molar-refractivity contribution in [2.24, 2.45) is 0 Å². The van der Waals surface area contributed by atoms with Gasteiger partial charge in [0.2, 0.25) is 0 Å². The van der Waals surface area contributed by atoms with Crippen LogP contribution in [0.15, 0.2) is 22.7 Å². The summed E-state index contributed by atoms with van der Waals surface area (Å²) in [5, 5.41) is 0.